The van der Waals surface area contributed by atoms with Gasteiger partial charge in [0.05, 0.1) is 5.69 Å². The third-order valence-corrected chi connectivity index (χ3v) is 3.98. The Hall–Kier alpha value is -2.92. The maximum atomic E-state index is 13.7. The van der Waals surface area contributed by atoms with Crippen molar-refractivity contribution < 1.29 is 31.5 Å². The van der Waals surface area contributed by atoms with Crippen LogP contribution in [0, 0.1) is 0 Å². The molecular formula is C17H9Cl2F5N4O2. The Morgan fingerprint density at radius 1 is 1.10 bits per heavy atom. The fraction of sp³-hybridized carbons (Fsp3) is 0.118. The second-order valence-electron chi connectivity index (χ2n) is 5.69. The second kappa shape index (κ2) is 8.44. The SMILES string of the molecule is O=C(Nc1cccc(OC(F)(F)F)c1)c1nnn(-c2cc(Cl)cc(Cl)c2)c1C(F)F. The Labute approximate surface area is 175 Å². The number of halogens is 7. The van der Waals surface area contributed by atoms with Crippen LogP contribution < -0.4 is 10.1 Å². The minimum Gasteiger partial charge on any atom is -0.406 e. The number of carbonyl (C=O) groups excluding carboxylic acids is 1. The van der Waals surface area contributed by atoms with Gasteiger partial charge in [-0.1, -0.05) is 34.5 Å². The third kappa shape index (κ3) is 5.16. The van der Waals surface area contributed by atoms with E-state index in [0.29, 0.717) is 4.68 Å². The molecule has 3 aromatic rings. The van der Waals surface area contributed by atoms with Crippen LogP contribution in [0.3, 0.4) is 0 Å². The smallest absolute Gasteiger partial charge is 0.406 e. The predicted octanol–water partition coefficient (Wildman–Crippen LogP) is 5.66. The lowest BCUT2D eigenvalue weighted by Gasteiger charge is -2.11. The Morgan fingerprint density at radius 3 is 2.37 bits per heavy atom. The molecule has 0 aliphatic carbocycles. The van der Waals surface area contributed by atoms with E-state index in [9.17, 15) is 26.7 Å². The Kier molecular flexibility index (Phi) is 6.13. The van der Waals surface area contributed by atoms with E-state index in [1.807, 2.05) is 0 Å². The van der Waals surface area contributed by atoms with E-state index in [1.165, 1.54) is 30.3 Å². The van der Waals surface area contributed by atoms with Crippen molar-refractivity contribution in [3.05, 3.63) is 63.9 Å². The zero-order chi connectivity index (χ0) is 22.1. The lowest BCUT2D eigenvalue weighted by molar-refractivity contribution is -0.274. The van der Waals surface area contributed by atoms with Crippen LogP contribution in [0.4, 0.5) is 27.6 Å². The van der Waals surface area contributed by atoms with Gasteiger partial charge in [0.25, 0.3) is 12.3 Å². The van der Waals surface area contributed by atoms with Gasteiger partial charge >= 0.3 is 6.36 Å². The molecule has 0 saturated carbocycles. The summed E-state index contributed by atoms with van der Waals surface area (Å²) >= 11 is 11.7. The fourth-order valence-electron chi connectivity index (χ4n) is 2.46. The maximum Gasteiger partial charge on any atom is 0.573 e. The molecule has 30 heavy (non-hydrogen) atoms. The van der Waals surface area contributed by atoms with E-state index in [2.05, 4.69) is 20.4 Å². The lowest BCUT2D eigenvalue weighted by Crippen LogP contribution is -2.18. The normalized spacial score (nSPS) is 11.6. The molecule has 0 saturated heterocycles. The number of hydrogen-bond acceptors (Lipinski definition) is 4. The summed E-state index contributed by atoms with van der Waals surface area (Å²) < 4.78 is 68.8. The van der Waals surface area contributed by atoms with Gasteiger partial charge in [-0.25, -0.2) is 13.5 Å². The summed E-state index contributed by atoms with van der Waals surface area (Å²) in [5, 5.41) is 9.49. The van der Waals surface area contributed by atoms with Gasteiger partial charge < -0.3 is 10.1 Å². The molecule has 1 heterocycles. The van der Waals surface area contributed by atoms with Crippen LogP contribution in [0.15, 0.2) is 42.5 Å². The summed E-state index contributed by atoms with van der Waals surface area (Å²) in [4.78, 5) is 12.4. The first kappa shape index (κ1) is 21.8. The number of anilines is 1. The van der Waals surface area contributed by atoms with Gasteiger partial charge in [-0.05, 0) is 30.3 Å². The van der Waals surface area contributed by atoms with Crippen molar-refractivity contribution in [3.8, 4) is 11.4 Å². The predicted molar refractivity (Wildman–Crippen MR) is 97.4 cm³/mol. The number of benzene rings is 2. The van der Waals surface area contributed by atoms with Gasteiger partial charge in [0.1, 0.15) is 11.4 Å². The molecule has 1 N–H and O–H groups in total. The van der Waals surface area contributed by atoms with Gasteiger partial charge in [0.2, 0.25) is 0 Å². The minimum atomic E-state index is -4.94. The number of carbonyl (C=O) groups is 1. The van der Waals surface area contributed by atoms with E-state index < -0.39 is 35.8 Å². The Balaban J connectivity index is 1.92. The van der Waals surface area contributed by atoms with Crippen molar-refractivity contribution in [1.82, 2.24) is 15.0 Å². The van der Waals surface area contributed by atoms with Crippen LogP contribution in [0.2, 0.25) is 10.0 Å². The van der Waals surface area contributed by atoms with Crippen molar-refractivity contribution in [2.45, 2.75) is 12.8 Å². The number of rotatable bonds is 5. The minimum absolute atomic E-state index is 0.0370. The Bertz CT molecular complexity index is 1070. The van der Waals surface area contributed by atoms with Gasteiger partial charge in [-0.2, -0.15) is 0 Å². The van der Waals surface area contributed by atoms with Crippen LogP contribution in [0.5, 0.6) is 5.75 Å². The highest BCUT2D eigenvalue weighted by atomic mass is 35.5. The number of amides is 1. The highest BCUT2D eigenvalue weighted by Crippen LogP contribution is 2.29. The molecule has 2 aromatic carbocycles. The van der Waals surface area contributed by atoms with E-state index in [-0.39, 0.29) is 21.4 Å². The molecule has 0 unspecified atom stereocenters. The largest absolute Gasteiger partial charge is 0.573 e. The number of nitrogens with one attached hydrogen (secondary N) is 1. The first-order valence-corrected chi connectivity index (χ1v) is 8.66. The van der Waals surface area contributed by atoms with Crippen molar-refractivity contribution in [1.29, 1.82) is 0 Å². The fourth-order valence-corrected chi connectivity index (χ4v) is 2.97. The number of ether oxygens (including phenoxy) is 1. The maximum absolute atomic E-state index is 13.7. The molecule has 0 aliphatic rings. The topological polar surface area (TPSA) is 69.0 Å². The first-order valence-electron chi connectivity index (χ1n) is 7.91. The molecule has 0 radical (unpaired) electrons. The van der Waals surface area contributed by atoms with E-state index >= 15 is 0 Å². The molecule has 158 valence electrons. The van der Waals surface area contributed by atoms with Crippen molar-refractivity contribution in [2.75, 3.05) is 5.32 Å². The van der Waals surface area contributed by atoms with Crippen LogP contribution in [0.1, 0.15) is 22.6 Å². The van der Waals surface area contributed by atoms with Crippen molar-refractivity contribution >= 4 is 34.8 Å². The van der Waals surface area contributed by atoms with Gasteiger partial charge in [-0.3, -0.25) is 4.79 Å². The number of nitrogens with zero attached hydrogens (tertiary/aromatic N) is 3. The molecule has 1 aromatic heterocycles. The summed E-state index contributed by atoms with van der Waals surface area (Å²) in [6.07, 6.45) is -8.11. The average molecular weight is 467 g/mol. The van der Waals surface area contributed by atoms with E-state index in [0.717, 1.165) is 12.1 Å². The lowest BCUT2D eigenvalue weighted by atomic mass is 10.2. The van der Waals surface area contributed by atoms with Crippen LogP contribution in [-0.4, -0.2) is 27.3 Å². The highest BCUT2D eigenvalue weighted by molar-refractivity contribution is 6.34. The van der Waals surface area contributed by atoms with Crippen molar-refractivity contribution in [3.63, 3.8) is 0 Å². The molecular weight excluding hydrogens is 458 g/mol. The first-order chi connectivity index (χ1) is 14.0. The van der Waals surface area contributed by atoms with Crippen molar-refractivity contribution in [2.24, 2.45) is 0 Å². The average Bonchev–Trinajstić information content (AvgIpc) is 3.05. The van der Waals surface area contributed by atoms with E-state index in [1.54, 1.807) is 0 Å². The van der Waals surface area contributed by atoms with Crippen LogP contribution >= 0.6 is 23.2 Å². The summed E-state index contributed by atoms with van der Waals surface area (Å²) in [5.41, 5.74) is -1.69. The summed E-state index contributed by atoms with van der Waals surface area (Å²) in [6.45, 7) is 0. The van der Waals surface area contributed by atoms with Crippen LogP contribution in [-0.2, 0) is 0 Å². The monoisotopic (exact) mass is 466 g/mol. The van der Waals surface area contributed by atoms with Gasteiger partial charge in [0.15, 0.2) is 5.69 Å². The number of aromatic nitrogens is 3. The standard InChI is InChI=1S/C17H9Cl2F5N4O2/c18-8-4-9(19)6-11(5-8)28-14(15(20)21)13(26-27-28)16(29)25-10-2-1-3-12(7-10)30-17(22,23)24/h1-7,15H,(H,25,29). The molecule has 1 amide bonds. The molecule has 0 bridgehead atoms. The van der Waals surface area contributed by atoms with E-state index in [4.69, 9.17) is 23.2 Å². The second-order valence-corrected chi connectivity index (χ2v) is 6.57. The van der Waals surface area contributed by atoms with Gasteiger partial charge in [-0.15, -0.1) is 18.3 Å². The molecule has 0 spiro atoms. The number of alkyl halides is 5. The molecule has 3 rings (SSSR count). The zero-order valence-corrected chi connectivity index (χ0v) is 15.9. The molecule has 0 fully saturated rings. The molecule has 0 aliphatic heterocycles. The highest BCUT2D eigenvalue weighted by Gasteiger charge is 2.31. The quantitative estimate of drug-likeness (QED) is 0.492. The molecule has 6 nitrogen and oxygen atoms in total. The Morgan fingerprint density at radius 2 is 1.77 bits per heavy atom. The van der Waals surface area contributed by atoms with Crippen LogP contribution in [0.25, 0.3) is 5.69 Å². The summed E-state index contributed by atoms with van der Waals surface area (Å²) in [7, 11) is 0. The van der Waals surface area contributed by atoms with Gasteiger partial charge in [0, 0.05) is 21.8 Å². The summed E-state index contributed by atoms with van der Waals surface area (Å²) in [5.74, 6) is -1.72. The summed E-state index contributed by atoms with van der Waals surface area (Å²) in [6, 6.07) is 8.23. The molecule has 13 heteroatoms. The molecule has 0 atom stereocenters. The number of hydrogen-bond donors (Lipinski definition) is 1. The third-order valence-electron chi connectivity index (χ3n) is 3.54. The zero-order valence-electron chi connectivity index (χ0n) is 14.4.